The Kier molecular flexibility index (Phi) is 8.50. The van der Waals surface area contributed by atoms with Gasteiger partial charge >= 0.3 is 10.1 Å². The minimum Gasteiger partial charge on any atom is -0.298 e. The molecule has 0 amide bonds. The number of rotatable bonds is 10. The molecule has 0 aliphatic rings. The van der Waals surface area contributed by atoms with E-state index in [9.17, 15) is 13.2 Å². The molecule has 0 aromatic carbocycles. The van der Waals surface area contributed by atoms with Gasteiger partial charge in [-0.25, -0.2) is 0 Å². The summed E-state index contributed by atoms with van der Waals surface area (Å²) in [5, 5.41) is 0.160. The van der Waals surface area contributed by atoms with Gasteiger partial charge in [0.05, 0.1) is 5.75 Å². The van der Waals surface area contributed by atoms with Crippen LogP contribution < -0.4 is 0 Å². The van der Waals surface area contributed by atoms with Crippen LogP contribution >= 0.6 is 10.3 Å². The number of hydrogen-bond acceptors (Lipinski definition) is 3. The van der Waals surface area contributed by atoms with Crippen molar-refractivity contribution in [1.82, 2.24) is 0 Å². The molecule has 0 fully saturated rings. The number of carbonyl (C=O) groups excluding carboxylic acids is 1. The Balaban J connectivity index is 5.45. The van der Waals surface area contributed by atoms with Crippen LogP contribution in [0.3, 0.4) is 0 Å². The van der Waals surface area contributed by atoms with Crippen LogP contribution in [-0.4, -0.2) is 39.8 Å². The van der Waals surface area contributed by atoms with E-state index in [0.29, 0.717) is 6.42 Å². The minimum atomic E-state index is -3.45. The van der Waals surface area contributed by atoms with Crippen molar-refractivity contribution in [2.45, 2.75) is 71.8 Å². The highest BCUT2D eigenvalue weighted by atomic mass is 32.3. The van der Waals surface area contributed by atoms with Crippen molar-refractivity contribution in [3.63, 3.8) is 0 Å². The summed E-state index contributed by atoms with van der Waals surface area (Å²) in [5.74, 6) is 0.406. The van der Waals surface area contributed by atoms with Gasteiger partial charge in [0, 0.05) is 16.4 Å². The molecule has 0 saturated carbocycles. The zero-order chi connectivity index (χ0) is 16.8. The summed E-state index contributed by atoms with van der Waals surface area (Å²) in [6, 6.07) is 0. The van der Waals surface area contributed by atoms with Crippen LogP contribution in [0.1, 0.15) is 61.3 Å². The Labute approximate surface area is 132 Å². The Bertz CT molecular complexity index is 417. The molecule has 0 spiro atoms. The summed E-state index contributed by atoms with van der Waals surface area (Å²) in [4.78, 5) is 12.2. The van der Waals surface area contributed by atoms with E-state index in [2.05, 4.69) is 3.63 Å². The number of unbranched alkanes of at least 4 members (excludes halogenated alkanes) is 1. The van der Waals surface area contributed by atoms with Gasteiger partial charge in [-0.05, 0) is 44.4 Å². The topological polar surface area (TPSA) is 64.0 Å². The van der Waals surface area contributed by atoms with Crippen molar-refractivity contribution in [3.05, 3.63) is 0 Å². The Morgan fingerprint density at radius 3 is 1.81 bits per heavy atom. The molecule has 0 aliphatic heterocycles. The van der Waals surface area contributed by atoms with Gasteiger partial charge < -0.3 is 0 Å². The van der Waals surface area contributed by atoms with E-state index in [-0.39, 0.29) is 33.7 Å². The Morgan fingerprint density at radius 1 is 1.00 bits per heavy atom. The van der Waals surface area contributed by atoms with E-state index in [4.69, 9.17) is 0 Å². The predicted octanol–water partition coefficient (Wildman–Crippen LogP) is 3.97. The molecule has 0 radical (unpaired) electrons. The molecule has 0 aromatic rings. The molecule has 0 bridgehead atoms. The zero-order valence-corrected chi connectivity index (χ0v) is 16.2. The quantitative estimate of drug-likeness (QED) is 0.446. The van der Waals surface area contributed by atoms with Crippen molar-refractivity contribution in [3.8, 4) is 0 Å². The average molecular weight is 342 g/mol. The lowest BCUT2D eigenvalue weighted by Crippen LogP contribution is -2.36. The summed E-state index contributed by atoms with van der Waals surface area (Å²) >= 11 is 0. The fourth-order valence-electron chi connectivity index (χ4n) is 2.05. The predicted molar refractivity (Wildman–Crippen MR) is 93.9 cm³/mol. The maximum Gasteiger partial charge on any atom is 0.390 e. The van der Waals surface area contributed by atoms with Crippen LogP contribution in [-0.2, 0) is 14.9 Å². The highest BCUT2D eigenvalue weighted by molar-refractivity contribution is 8.33. The molecule has 0 aromatic heterocycles. The van der Waals surface area contributed by atoms with Gasteiger partial charge in [-0.3, -0.25) is 8.42 Å². The molecule has 0 unspecified atom stereocenters. The zero-order valence-electron chi connectivity index (χ0n) is 14.5. The second kappa shape index (κ2) is 8.53. The minimum absolute atomic E-state index is 0.0802. The molecule has 6 heteroatoms. The maximum absolute atomic E-state index is 12.3. The summed E-state index contributed by atoms with van der Waals surface area (Å²) in [7, 11) is -5.33. The Morgan fingerprint density at radius 2 is 1.48 bits per heavy atom. The fraction of sp³-hybridized carbons (Fsp3) is 0.933. The van der Waals surface area contributed by atoms with Gasteiger partial charge in [-0.15, -0.1) is 0 Å². The molecule has 4 nitrogen and oxygen atoms in total. The van der Waals surface area contributed by atoms with Crippen LogP contribution in [0.25, 0.3) is 0 Å². The second-order valence-electron chi connectivity index (χ2n) is 6.39. The highest BCUT2D eigenvalue weighted by Crippen LogP contribution is 2.57. The number of hydrogen-bond donors (Lipinski definition) is 0. The number of ketones is 1. The third kappa shape index (κ3) is 6.28. The normalized spacial score (nSPS) is 14.2. The van der Waals surface area contributed by atoms with Crippen molar-refractivity contribution in [2.24, 2.45) is 5.92 Å². The van der Waals surface area contributed by atoms with Crippen molar-refractivity contribution in [2.75, 3.05) is 11.5 Å². The van der Waals surface area contributed by atoms with E-state index in [1.54, 1.807) is 0 Å². The number of carbonyl (C=O) groups is 1. The summed E-state index contributed by atoms with van der Waals surface area (Å²) in [5.41, 5.74) is 0. The van der Waals surface area contributed by atoms with Gasteiger partial charge in [0.2, 0.25) is 0 Å². The molecule has 1 N–H and O–H groups in total. The molecular weight excluding hydrogens is 308 g/mol. The van der Waals surface area contributed by atoms with Crippen LogP contribution in [0.15, 0.2) is 0 Å². The lowest BCUT2D eigenvalue weighted by Gasteiger charge is -2.40. The lowest BCUT2D eigenvalue weighted by molar-refractivity contribution is -0.119. The summed E-state index contributed by atoms with van der Waals surface area (Å²) < 4.78 is 28.9. The molecule has 0 heterocycles. The van der Waals surface area contributed by atoms with E-state index in [0.717, 1.165) is 6.42 Å². The summed E-state index contributed by atoms with van der Waals surface area (Å²) in [6.07, 6.45) is 1.45. The maximum atomic E-state index is 12.3. The van der Waals surface area contributed by atoms with Gasteiger partial charge in [0.25, 0.3) is 0 Å². The van der Waals surface area contributed by atoms with Gasteiger partial charge in [0.15, 0.2) is 0 Å². The highest BCUT2D eigenvalue weighted by Gasteiger charge is 2.44. The van der Waals surface area contributed by atoms with Gasteiger partial charge in [-0.1, -0.05) is 27.2 Å². The average Bonchev–Trinajstić information content (AvgIpc) is 2.34. The van der Waals surface area contributed by atoms with Crippen molar-refractivity contribution >= 4 is 26.2 Å². The largest absolute Gasteiger partial charge is 0.390 e. The summed E-state index contributed by atoms with van der Waals surface area (Å²) in [6.45, 7) is 13.6. The second-order valence-corrected chi connectivity index (χ2v) is 12.3. The van der Waals surface area contributed by atoms with Crippen LogP contribution in [0.4, 0.5) is 0 Å². The van der Waals surface area contributed by atoms with E-state index in [1.807, 2.05) is 48.5 Å². The van der Waals surface area contributed by atoms with E-state index < -0.39 is 20.4 Å². The monoisotopic (exact) mass is 341 g/mol. The smallest absolute Gasteiger partial charge is 0.298 e. The first kappa shape index (κ1) is 20.9. The molecule has 0 saturated heterocycles. The van der Waals surface area contributed by atoms with Crippen LogP contribution in [0, 0.1) is 5.92 Å². The van der Waals surface area contributed by atoms with E-state index in [1.165, 1.54) is 0 Å². The molecule has 0 atom stereocenters. The van der Waals surface area contributed by atoms with Crippen molar-refractivity contribution < 1.29 is 16.8 Å². The third-order valence-electron chi connectivity index (χ3n) is 3.66. The number of Topliss-reactive ketones (excluding diaryl/α,β-unsaturated/α-hetero) is 1. The molecule has 21 heavy (non-hydrogen) atoms. The fourth-order valence-corrected chi connectivity index (χ4v) is 8.82. The molecule has 128 valence electrons. The molecular formula is C15H33O4S2+. The van der Waals surface area contributed by atoms with Gasteiger partial charge in [0.1, 0.15) is 11.5 Å². The first-order chi connectivity index (χ1) is 9.48. The van der Waals surface area contributed by atoms with Crippen LogP contribution in [0.5, 0.6) is 0 Å². The molecule has 0 rings (SSSR count). The third-order valence-corrected chi connectivity index (χ3v) is 10.5. The Hall–Kier alpha value is -0.0700. The SMILES string of the molecule is CCCCS(=O)(=O)[OH+]S(CC(=O)C(C)C)(C(C)C)C(C)C. The first-order valence-corrected chi connectivity index (χ1v) is 11.3. The van der Waals surface area contributed by atoms with Gasteiger partial charge in [-0.2, -0.15) is 8.42 Å². The molecule has 0 aliphatic carbocycles. The van der Waals surface area contributed by atoms with E-state index >= 15 is 0 Å². The lowest BCUT2D eigenvalue weighted by atomic mass is 10.1. The standard InChI is InChI=1S/C15H32O4S2/c1-8-9-10-21(17,18)19-20(13(4)5,14(6)7)11-15(16)12(2)3/h12-14H,8-11H2,1-7H3/p+1. The first-order valence-electron chi connectivity index (χ1n) is 7.76. The van der Waals surface area contributed by atoms with Crippen molar-refractivity contribution in [1.29, 1.82) is 0 Å². The van der Waals surface area contributed by atoms with Crippen LogP contribution in [0.2, 0.25) is 0 Å².